The summed E-state index contributed by atoms with van der Waals surface area (Å²) in [7, 11) is 0. The van der Waals surface area contributed by atoms with Crippen LogP contribution in [0.15, 0.2) is 6.20 Å². The van der Waals surface area contributed by atoms with E-state index in [9.17, 15) is 0 Å². The summed E-state index contributed by atoms with van der Waals surface area (Å²) in [4.78, 5) is 8.39. The van der Waals surface area contributed by atoms with Crippen molar-refractivity contribution < 1.29 is 4.74 Å². The Labute approximate surface area is 113 Å². The van der Waals surface area contributed by atoms with Gasteiger partial charge in [0.15, 0.2) is 5.82 Å². The molecule has 0 radical (unpaired) electrons. The van der Waals surface area contributed by atoms with Crippen LogP contribution in [0.3, 0.4) is 0 Å². The number of ether oxygens (including phenoxy) is 1. The van der Waals surface area contributed by atoms with Crippen LogP contribution >= 0.6 is 11.6 Å². The van der Waals surface area contributed by atoms with Gasteiger partial charge in [0.1, 0.15) is 5.02 Å². The van der Waals surface area contributed by atoms with Crippen LogP contribution in [0, 0.1) is 0 Å². The fraction of sp³-hybridized carbons (Fsp3) is 0.667. The molecule has 1 rings (SSSR count). The lowest BCUT2D eigenvalue weighted by molar-refractivity contribution is 0.000644. The predicted molar refractivity (Wildman–Crippen MR) is 75.4 cm³/mol. The van der Waals surface area contributed by atoms with E-state index in [1.807, 2.05) is 27.7 Å². The minimum atomic E-state index is -0.263. The zero-order valence-corrected chi connectivity index (χ0v) is 12.1. The second-order valence-electron chi connectivity index (χ2n) is 4.47. The van der Waals surface area contributed by atoms with E-state index in [1.54, 1.807) is 6.20 Å². The monoisotopic (exact) mass is 272 g/mol. The molecule has 102 valence electrons. The van der Waals surface area contributed by atoms with E-state index in [1.165, 1.54) is 0 Å². The minimum Gasteiger partial charge on any atom is -0.374 e. The van der Waals surface area contributed by atoms with Gasteiger partial charge in [-0.2, -0.15) is 4.98 Å². The Morgan fingerprint density at radius 3 is 2.67 bits per heavy atom. The van der Waals surface area contributed by atoms with Gasteiger partial charge in [0.05, 0.1) is 11.8 Å². The van der Waals surface area contributed by atoms with Crippen molar-refractivity contribution in [3.8, 4) is 0 Å². The molecule has 0 amide bonds. The van der Waals surface area contributed by atoms with Crippen molar-refractivity contribution in [2.24, 2.45) is 0 Å². The molecule has 0 saturated heterocycles. The van der Waals surface area contributed by atoms with Crippen LogP contribution in [0.25, 0.3) is 0 Å². The minimum absolute atomic E-state index is 0.263. The summed E-state index contributed by atoms with van der Waals surface area (Å²) in [6.07, 6.45) is 1.59. The van der Waals surface area contributed by atoms with Crippen molar-refractivity contribution in [1.82, 2.24) is 9.97 Å². The lowest BCUT2D eigenvalue weighted by Gasteiger charge is -2.25. The third kappa shape index (κ3) is 4.66. The molecule has 0 bridgehead atoms. The Bertz CT molecular complexity index is 384. The van der Waals surface area contributed by atoms with E-state index < -0.39 is 0 Å². The quantitative estimate of drug-likeness (QED) is 0.799. The van der Waals surface area contributed by atoms with E-state index in [0.29, 0.717) is 29.9 Å². The Morgan fingerprint density at radius 2 is 2.06 bits per heavy atom. The molecule has 18 heavy (non-hydrogen) atoms. The molecule has 1 aromatic heterocycles. The zero-order chi connectivity index (χ0) is 13.6. The summed E-state index contributed by atoms with van der Waals surface area (Å²) in [6, 6.07) is 0. The number of hydrogen-bond donors (Lipinski definition) is 2. The highest BCUT2D eigenvalue weighted by Crippen LogP contribution is 2.20. The molecule has 0 spiro atoms. The Kier molecular flexibility index (Phi) is 5.62. The van der Waals surface area contributed by atoms with Gasteiger partial charge in [-0.1, -0.05) is 11.6 Å². The molecule has 0 aliphatic carbocycles. The second-order valence-corrected chi connectivity index (χ2v) is 4.87. The summed E-state index contributed by atoms with van der Waals surface area (Å²) in [5.74, 6) is 1.19. The number of rotatable bonds is 7. The van der Waals surface area contributed by atoms with E-state index in [0.717, 1.165) is 6.54 Å². The molecule has 5 nitrogen and oxygen atoms in total. The fourth-order valence-corrected chi connectivity index (χ4v) is 1.63. The molecular weight excluding hydrogens is 252 g/mol. The molecule has 2 N–H and O–H groups in total. The van der Waals surface area contributed by atoms with Crippen molar-refractivity contribution in [2.75, 3.05) is 30.3 Å². The number of anilines is 2. The standard InChI is InChI=1S/C12H21ClN4O/c1-5-14-11-15-7-9(13)10(17-11)16-8-12(3,4)18-6-2/h7H,5-6,8H2,1-4H3,(H2,14,15,16,17). The van der Waals surface area contributed by atoms with Crippen molar-refractivity contribution in [1.29, 1.82) is 0 Å². The van der Waals surface area contributed by atoms with Crippen molar-refractivity contribution in [3.05, 3.63) is 11.2 Å². The van der Waals surface area contributed by atoms with Crippen LogP contribution < -0.4 is 10.6 Å². The summed E-state index contributed by atoms with van der Waals surface area (Å²) in [5.41, 5.74) is -0.263. The van der Waals surface area contributed by atoms with Gasteiger partial charge in [0.2, 0.25) is 5.95 Å². The van der Waals surface area contributed by atoms with Gasteiger partial charge < -0.3 is 15.4 Å². The summed E-state index contributed by atoms with van der Waals surface area (Å²) < 4.78 is 5.60. The number of nitrogens with one attached hydrogen (secondary N) is 2. The lowest BCUT2D eigenvalue weighted by atomic mass is 10.1. The van der Waals surface area contributed by atoms with Gasteiger partial charge in [-0.05, 0) is 27.7 Å². The highest BCUT2D eigenvalue weighted by molar-refractivity contribution is 6.32. The Hall–Kier alpha value is -1.07. The van der Waals surface area contributed by atoms with Crippen LogP contribution in [-0.2, 0) is 4.74 Å². The van der Waals surface area contributed by atoms with Crippen LogP contribution in [-0.4, -0.2) is 35.3 Å². The summed E-state index contributed by atoms with van der Waals surface area (Å²) >= 11 is 6.05. The average molecular weight is 273 g/mol. The van der Waals surface area contributed by atoms with Crippen LogP contribution in [0.5, 0.6) is 0 Å². The smallest absolute Gasteiger partial charge is 0.224 e. The number of hydrogen-bond acceptors (Lipinski definition) is 5. The van der Waals surface area contributed by atoms with Crippen LogP contribution in [0.1, 0.15) is 27.7 Å². The lowest BCUT2D eigenvalue weighted by Crippen LogP contribution is -2.33. The number of aromatic nitrogens is 2. The highest BCUT2D eigenvalue weighted by Gasteiger charge is 2.18. The molecule has 0 atom stereocenters. The Balaban J connectivity index is 2.68. The summed E-state index contributed by atoms with van der Waals surface area (Å²) in [5, 5.41) is 6.74. The third-order valence-electron chi connectivity index (χ3n) is 2.30. The van der Waals surface area contributed by atoms with Gasteiger partial charge in [0, 0.05) is 19.7 Å². The SMILES string of the molecule is CCNc1ncc(Cl)c(NCC(C)(C)OCC)n1. The molecule has 1 aromatic rings. The predicted octanol–water partition coefficient (Wildman–Crippen LogP) is 2.79. The van der Waals surface area contributed by atoms with Gasteiger partial charge >= 0.3 is 0 Å². The number of halogens is 1. The largest absolute Gasteiger partial charge is 0.374 e. The first-order valence-corrected chi connectivity index (χ1v) is 6.50. The fourth-order valence-electron chi connectivity index (χ4n) is 1.47. The average Bonchev–Trinajstić information content (AvgIpc) is 2.30. The van der Waals surface area contributed by atoms with Gasteiger partial charge in [-0.25, -0.2) is 4.98 Å². The maximum atomic E-state index is 6.05. The topological polar surface area (TPSA) is 59.1 Å². The highest BCUT2D eigenvalue weighted by atomic mass is 35.5. The first-order valence-electron chi connectivity index (χ1n) is 6.12. The molecule has 0 aliphatic rings. The number of nitrogens with zero attached hydrogens (tertiary/aromatic N) is 2. The maximum Gasteiger partial charge on any atom is 0.224 e. The van der Waals surface area contributed by atoms with Crippen LogP contribution in [0.4, 0.5) is 11.8 Å². The first-order chi connectivity index (χ1) is 8.48. The van der Waals surface area contributed by atoms with Gasteiger partial charge in [0.25, 0.3) is 0 Å². The van der Waals surface area contributed by atoms with E-state index in [4.69, 9.17) is 16.3 Å². The molecule has 0 saturated carbocycles. The first kappa shape index (κ1) is 15.0. The van der Waals surface area contributed by atoms with Crippen LogP contribution in [0.2, 0.25) is 5.02 Å². The zero-order valence-electron chi connectivity index (χ0n) is 11.4. The molecule has 1 heterocycles. The molecule has 0 unspecified atom stereocenters. The normalized spacial score (nSPS) is 11.4. The van der Waals surface area contributed by atoms with E-state index >= 15 is 0 Å². The Morgan fingerprint density at radius 1 is 1.33 bits per heavy atom. The van der Waals surface area contributed by atoms with E-state index in [-0.39, 0.29) is 5.60 Å². The molecule has 0 aromatic carbocycles. The third-order valence-corrected chi connectivity index (χ3v) is 2.57. The van der Waals surface area contributed by atoms with Gasteiger partial charge in [-0.3, -0.25) is 0 Å². The van der Waals surface area contributed by atoms with Crippen molar-refractivity contribution >= 4 is 23.4 Å². The van der Waals surface area contributed by atoms with Crippen molar-refractivity contribution in [2.45, 2.75) is 33.3 Å². The van der Waals surface area contributed by atoms with Gasteiger partial charge in [-0.15, -0.1) is 0 Å². The molecule has 0 aliphatic heterocycles. The molecular formula is C12H21ClN4O. The summed E-state index contributed by atoms with van der Waals surface area (Å²) in [6.45, 7) is 10.1. The molecule has 6 heteroatoms. The van der Waals surface area contributed by atoms with Crippen molar-refractivity contribution in [3.63, 3.8) is 0 Å². The second kappa shape index (κ2) is 6.75. The molecule has 0 fully saturated rings. The van der Waals surface area contributed by atoms with E-state index in [2.05, 4.69) is 20.6 Å². The maximum absolute atomic E-state index is 6.05.